The number of rotatable bonds is 6. The third-order valence-corrected chi connectivity index (χ3v) is 3.98. The zero-order chi connectivity index (χ0) is 13.7. The minimum atomic E-state index is -0.139. The van der Waals surface area contributed by atoms with Crippen molar-refractivity contribution in [2.75, 3.05) is 18.9 Å². The van der Waals surface area contributed by atoms with Crippen LogP contribution in [-0.2, 0) is 0 Å². The molecule has 0 bridgehead atoms. The normalized spacial score (nSPS) is 11.3. The Labute approximate surface area is 112 Å². The van der Waals surface area contributed by atoms with Gasteiger partial charge < -0.3 is 10.6 Å². The van der Waals surface area contributed by atoms with E-state index in [1.54, 1.807) is 7.05 Å². The van der Waals surface area contributed by atoms with Gasteiger partial charge in [-0.05, 0) is 17.8 Å². The van der Waals surface area contributed by atoms with Crippen molar-refractivity contribution in [3.63, 3.8) is 0 Å². The standard InChI is InChI=1S/C12H22N4OS/c1-7(2)9(8(3)4)6-14-10(17)11-15-16-12(13-5)18-11/h7-9H,6H2,1-5H3,(H,13,16)(H,14,17). The van der Waals surface area contributed by atoms with Crippen molar-refractivity contribution in [2.24, 2.45) is 17.8 Å². The lowest BCUT2D eigenvalue weighted by Crippen LogP contribution is -2.33. The van der Waals surface area contributed by atoms with Gasteiger partial charge in [0, 0.05) is 13.6 Å². The van der Waals surface area contributed by atoms with Gasteiger partial charge in [-0.25, -0.2) is 0 Å². The molecule has 0 aliphatic heterocycles. The fourth-order valence-corrected chi connectivity index (χ4v) is 2.56. The van der Waals surface area contributed by atoms with Crippen LogP contribution < -0.4 is 10.6 Å². The van der Waals surface area contributed by atoms with Gasteiger partial charge in [0.15, 0.2) is 0 Å². The van der Waals surface area contributed by atoms with Crippen LogP contribution in [0.1, 0.15) is 37.5 Å². The van der Waals surface area contributed by atoms with Gasteiger partial charge in [0.25, 0.3) is 5.91 Å². The summed E-state index contributed by atoms with van der Waals surface area (Å²) >= 11 is 1.26. The average molecular weight is 270 g/mol. The first-order valence-corrected chi connectivity index (χ1v) is 7.06. The van der Waals surface area contributed by atoms with Crippen LogP contribution in [0.3, 0.4) is 0 Å². The van der Waals surface area contributed by atoms with E-state index in [-0.39, 0.29) is 5.91 Å². The molecule has 0 unspecified atom stereocenters. The van der Waals surface area contributed by atoms with Gasteiger partial charge in [0.05, 0.1) is 0 Å². The van der Waals surface area contributed by atoms with E-state index in [1.807, 2.05) is 0 Å². The molecule has 2 N–H and O–H groups in total. The number of amides is 1. The summed E-state index contributed by atoms with van der Waals surface area (Å²) in [4.78, 5) is 11.9. The van der Waals surface area contributed by atoms with Crippen LogP contribution in [-0.4, -0.2) is 29.7 Å². The summed E-state index contributed by atoms with van der Waals surface area (Å²) < 4.78 is 0. The molecule has 0 fully saturated rings. The third-order valence-electron chi connectivity index (χ3n) is 3.04. The number of carbonyl (C=O) groups is 1. The molecule has 0 aliphatic rings. The van der Waals surface area contributed by atoms with Crippen molar-refractivity contribution in [3.05, 3.63) is 5.01 Å². The van der Waals surface area contributed by atoms with Crippen molar-refractivity contribution in [1.82, 2.24) is 15.5 Å². The van der Waals surface area contributed by atoms with E-state index in [2.05, 4.69) is 48.5 Å². The number of hydrogen-bond donors (Lipinski definition) is 2. The van der Waals surface area contributed by atoms with Crippen molar-refractivity contribution in [1.29, 1.82) is 0 Å². The van der Waals surface area contributed by atoms with Crippen molar-refractivity contribution in [3.8, 4) is 0 Å². The molecule has 0 saturated carbocycles. The highest BCUT2D eigenvalue weighted by molar-refractivity contribution is 7.17. The molecule has 0 spiro atoms. The maximum atomic E-state index is 11.9. The zero-order valence-electron chi connectivity index (χ0n) is 11.7. The molecular formula is C12H22N4OS. The third kappa shape index (κ3) is 3.94. The number of hydrogen-bond acceptors (Lipinski definition) is 5. The van der Waals surface area contributed by atoms with E-state index in [9.17, 15) is 4.79 Å². The Morgan fingerprint density at radius 3 is 2.28 bits per heavy atom. The van der Waals surface area contributed by atoms with Crippen molar-refractivity contribution < 1.29 is 4.79 Å². The highest BCUT2D eigenvalue weighted by Gasteiger charge is 2.19. The molecule has 18 heavy (non-hydrogen) atoms. The maximum Gasteiger partial charge on any atom is 0.282 e. The molecule has 6 heteroatoms. The van der Waals surface area contributed by atoms with Crippen LogP contribution in [0.4, 0.5) is 5.13 Å². The van der Waals surface area contributed by atoms with Gasteiger partial charge in [-0.1, -0.05) is 39.0 Å². The summed E-state index contributed by atoms with van der Waals surface area (Å²) in [6, 6.07) is 0. The Bertz CT molecular complexity index is 381. The van der Waals surface area contributed by atoms with Gasteiger partial charge in [-0.3, -0.25) is 4.79 Å². The smallest absolute Gasteiger partial charge is 0.282 e. The molecule has 1 aromatic heterocycles. The van der Waals surface area contributed by atoms with E-state index in [0.29, 0.717) is 34.4 Å². The molecule has 0 radical (unpaired) electrons. The lowest BCUT2D eigenvalue weighted by Gasteiger charge is -2.24. The second kappa shape index (κ2) is 6.68. The molecule has 0 saturated heterocycles. The van der Waals surface area contributed by atoms with E-state index in [4.69, 9.17) is 0 Å². The number of nitrogens with one attached hydrogen (secondary N) is 2. The first kappa shape index (κ1) is 14.9. The van der Waals surface area contributed by atoms with Crippen molar-refractivity contribution >= 4 is 22.4 Å². The quantitative estimate of drug-likeness (QED) is 0.832. The SMILES string of the molecule is CNc1nnc(C(=O)NCC(C(C)C)C(C)C)s1. The number of carbonyl (C=O) groups excluding carboxylic acids is 1. The minimum Gasteiger partial charge on any atom is -0.363 e. The molecule has 1 heterocycles. The molecule has 0 aliphatic carbocycles. The summed E-state index contributed by atoms with van der Waals surface area (Å²) in [7, 11) is 1.76. The molecule has 0 aromatic carbocycles. The van der Waals surface area contributed by atoms with E-state index < -0.39 is 0 Å². The van der Waals surface area contributed by atoms with Gasteiger partial charge in [-0.15, -0.1) is 10.2 Å². The first-order valence-electron chi connectivity index (χ1n) is 6.25. The Balaban J connectivity index is 2.54. The van der Waals surface area contributed by atoms with Crippen LogP contribution in [0.5, 0.6) is 0 Å². The fourth-order valence-electron chi connectivity index (χ4n) is 1.94. The summed E-state index contributed by atoms with van der Waals surface area (Å²) in [5.74, 6) is 1.44. The molecule has 1 rings (SSSR count). The Morgan fingerprint density at radius 1 is 1.22 bits per heavy atom. The largest absolute Gasteiger partial charge is 0.363 e. The lowest BCUT2D eigenvalue weighted by atomic mass is 9.85. The first-order chi connectivity index (χ1) is 8.45. The summed E-state index contributed by atoms with van der Waals surface area (Å²) in [6.45, 7) is 9.41. The van der Waals surface area contributed by atoms with Gasteiger partial charge in [0.1, 0.15) is 0 Å². The molecule has 5 nitrogen and oxygen atoms in total. The van der Waals surface area contributed by atoms with E-state index in [0.717, 1.165) is 0 Å². The summed E-state index contributed by atoms with van der Waals surface area (Å²) in [5, 5.41) is 14.6. The highest BCUT2D eigenvalue weighted by atomic mass is 32.1. The van der Waals surface area contributed by atoms with Gasteiger partial charge in [-0.2, -0.15) is 0 Å². The van der Waals surface area contributed by atoms with Crippen LogP contribution in [0.25, 0.3) is 0 Å². The van der Waals surface area contributed by atoms with Crippen LogP contribution in [0.2, 0.25) is 0 Å². The number of anilines is 1. The van der Waals surface area contributed by atoms with Crippen molar-refractivity contribution in [2.45, 2.75) is 27.7 Å². The Morgan fingerprint density at radius 2 is 1.83 bits per heavy atom. The van der Waals surface area contributed by atoms with Gasteiger partial charge in [0.2, 0.25) is 10.1 Å². The average Bonchev–Trinajstić information content (AvgIpc) is 2.76. The number of aromatic nitrogens is 2. The van der Waals surface area contributed by atoms with Crippen LogP contribution in [0.15, 0.2) is 0 Å². The molecule has 102 valence electrons. The fraction of sp³-hybridized carbons (Fsp3) is 0.750. The monoisotopic (exact) mass is 270 g/mol. The van der Waals surface area contributed by atoms with Crippen LogP contribution in [0, 0.1) is 17.8 Å². The summed E-state index contributed by atoms with van der Waals surface area (Å²) in [5.41, 5.74) is 0. The van der Waals surface area contributed by atoms with Crippen LogP contribution >= 0.6 is 11.3 Å². The second-order valence-corrected chi connectivity index (χ2v) is 6.00. The summed E-state index contributed by atoms with van der Waals surface area (Å²) in [6.07, 6.45) is 0. The highest BCUT2D eigenvalue weighted by Crippen LogP contribution is 2.20. The van der Waals surface area contributed by atoms with Gasteiger partial charge >= 0.3 is 0 Å². The Hall–Kier alpha value is -1.17. The minimum absolute atomic E-state index is 0.139. The number of nitrogens with zero attached hydrogens (tertiary/aromatic N) is 2. The molecular weight excluding hydrogens is 248 g/mol. The zero-order valence-corrected chi connectivity index (χ0v) is 12.5. The van der Waals surface area contributed by atoms with E-state index in [1.165, 1.54) is 11.3 Å². The Kier molecular flexibility index (Phi) is 5.53. The lowest BCUT2D eigenvalue weighted by molar-refractivity contribution is 0.0936. The van der Waals surface area contributed by atoms with E-state index >= 15 is 0 Å². The molecule has 1 amide bonds. The predicted molar refractivity (Wildman–Crippen MR) is 75.0 cm³/mol. The topological polar surface area (TPSA) is 66.9 Å². The molecule has 1 aromatic rings. The predicted octanol–water partition coefficient (Wildman–Crippen LogP) is 2.24. The molecule has 0 atom stereocenters. The second-order valence-electron chi connectivity index (χ2n) is 5.02. The maximum absolute atomic E-state index is 11.9.